The molecule has 0 saturated heterocycles. The quantitative estimate of drug-likeness (QED) is 0.178. The van der Waals surface area contributed by atoms with Crippen molar-refractivity contribution in [3.8, 4) is 22.5 Å². The van der Waals surface area contributed by atoms with Crippen LogP contribution in [-0.4, -0.2) is 53.1 Å². The van der Waals surface area contributed by atoms with Gasteiger partial charge in [0, 0.05) is 73.5 Å². The van der Waals surface area contributed by atoms with Gasteiger partial charge in [-0.1, -0.05) is 19.1 Å². The number of hydrogen-bond acceptors (Lipinski definition) is 4. The molecule has 4 rings (SSSR count). The van der Waals surface area contributed by atoms with Gasteiger partial charge in [0.05, 0.1) is 6.07 Å². The molecular weight excluding hydrogens is 488 g/mol. The third kappa shape index (κ3) is 6.66. The topological polar surface area (TPSA) is 77.6 Å². The van der Waals surface area contributed by atoms with Gasteiger partial charge in [-0.25, -0.2) is 4.58 Å². The van der Waals surface area contributed by atoms with Crippen molar-refractivity contribution >= 4 is 28.5 Å². The Hall–Kier alpha value is -4.13. The molecule has 0 unspecified atom stereocenters. The van der Waals surface area contributed by atoms with Crippen molar-refractivity contribution in [3.63, 3.8) is 0 Å². The standard InChI is InChI=1S/C32H38N4O3/c1-6-30(37)33-18-8-7-9-19-34-32(38)23-12-10-22(11-13-23)31-26-16-14-24(35(2)3)20-28(26)39-29-21-25(36(4)5)15-17-27(29)31/h10-17,20-21H,6-9,18-19H2,1-5H3,(H-,33,34,37,38)/p+1. The van der Waals surface area contributed by atoms with Crippen LogP contribution in [0, 0.1) is 0 Å². The minimum absolute atomic E-state index is 0.0780. The maximum Gasteiger partial charge on any atom is 0.251 e. The molecule has 2 amide bonds. The van der Waals surface area contributed by atoms with Crippen molar-refractivity contribution in [2.24, 2.45) is 0 Å². The summed E-state index contributed by atoms with van der Waals surface area (Å²) in [4.78, 5) is 26.1. The van der Waals surface area contributed by atoms with E-state index in [2.05, 4.69) is 56.5 Å². The van der Waals surface area contributed by atoms with E-state index < -0.39 is 0 Å². The molecule has 7 heteroatoms. The van der Waals surface area contributed by atoms with E-state index in [0.29, 0.717) is 25.1 Å². The second-order valence-corrected chi connectivity index (χ2v) is 10.2. The summed E-state index contributed by atoms with van der Waals surface area (Å²) in [5.41, 5.74) is 5.66. The van der Waals surface area contributed by atoms with E-state index in [1.807, 2.05) is 59.4 Å². The number of nitrogens with one attached hydrogen (secondary N) is 2. The monoisotopic (exact) mass is 527 g/mol. The molecular formula is C32H39N4O3+. The van der Waals surface area contributed by atoms with Gasteiger partial charge in [-0.3, -0.25) is 9.59 Å². The first kappa shape index (κ1) is 27.9. The Bertz CT molecular complexity index is 1500. The van der Waals surface area contributed by atoms with Crippen LogP contribution in [-0.2, 0) is 4.79 Å². The third-order valence-corrected chi connectivity index (χ3v) is 6.94. The van der Waals surface area contributed by atoms with E-state index >= 15 is 0 Å². The molecule has 0 spiro atoms. The van der Waals surface area contributed by atoms with Crippen molar-refractivity contribution in [1.82, 2.24) is 15.2 Å². The zero-order chi connectivity index (χ0) is 27.9. The molecule has 1 heterocycles. The summed E-state index contributed by atoms with van der Waals surface area (Å²) < 4.78 is 8.47. The van der Waals surface area contributed by atoms with Crippen LogP contribution < -0.4 is 25.5 Å². The third-order valence-electron chi connectivity index (χ3n) is 6.94. The number of carbonyl (C=O) groups is 2. The fraction of sp³-hybridized carbons (Fsp3) is 0.344. The molecule has 2 N–H and O–H groups in total. The Balaban J connectivity index is 1.55. The zero-order valence-electron chi connectivity index (χ0n) is 23.6. The Morgan fingerprint density at radius 2 is 1.59 bits per heavy atom. The summed E-state index contributed by atoms with van der Waals surface area (Å²) in [5.74, 6) is 0.815. The van der Waals surface area contributed by atoms with Gasteiger partial charge in [0.1, 0.15) is 25.4 Å². The lowest BCUT2D eigenvalue weighted by atomic mass is 9.93. The van der Waals surface area contributed by atoms with Crippen molar-refractivity contribution < 1.29 is 14.0 Å². The van der Waals surface area contributed by atoms with Crippen LogP contribution in [0.2, 0.25) is 0 Å². The van der Waals surface area contributed by atoms with E-state index in [4.69, 9.17) is 4.42 Å². The van der Waals surface area contributed by atoms with E-state index in [0.717, 1.165) is 63.7 Å². The van der Waals surface area contributed by atoms with Crippen LogP contribution in [0.5, 0.6) is 0 Å². The van der Waals surface area contributed by atoms with Gasteiger partial charge in [-0.2, -0.15) is 0 Å². The molecule has 0 aromatic heterocycles. The van der Waals surface area contributed by atoms with E-state index in [1.54, 1.807) is 0 Å². The highest BCUT2D eigenvalue weighted by atomic mass is 16.3. The number of carbonyl (C=O) groups excluding carboxylic acids is 2. The fourth-order valence-corrected chi connectivity index (χ4v) is 4.61. The number of unbranched alkanes of at least 4 members (excludes halogenated alkanes) is 2. The maximum atomic E-state index is 12.7. The Labute approximate surface area is 230 Å². The van der Waals surface area contributed by atoms with Crippen LogP contribution in [0.25, 0.3) is 33.4 Å². The number of hydrogen-bond donors (Lipinski definition) is 2. The summed E-state index contributed by atoms with van der Waals surface area (Å²) in [6.45, 7) is 3.14. The Kier molecular flexibility index (Phi) is 9.02. The summed E-state index contributed by atoms with van der Waals surface area (Å²) in [7, 11) is 8.07. The van der Waals surface area contributed by atoms with Crippen molar-refractivity contribution in [2.45, 2.75) is 32.6 Å². The lowest BCUT2D eigenvalue weighted by molar-refractivity contribution is -0.120. The molecule has 0 fully saturated rings. The molecule has 0 radical (unpaired) electrons. The molecule has 2 aromatic rings. The summed E-state index contributed by atoms with van der Waals surface area (Å²) >= 11 is 0. The lowest BCUT2D eigenvalue weighted by Gasteiger charge is -2.18. The molecule has 0 saturated carbocycles. The predicted molar refractivity (Wildman–Crippen MR) is 159 cm³/mol. The molecule has 0 atom stereocenters. The lowest BCUT2D eigenvalue weighted by Crippen LogP contribution is -2.25. The van der Waals surface area contributed by atoms with Gasteiger partial charge < -0.3 is 20.0 Å². The van der Waals surface area contributed by atoms with E-state index in [9.17, 15) is 9.59 Å². The van der Waals surface area contributed by atoms with Crippen molar-refractivity contribution in [1.29, 1.82) is 0 Å². The predicted octanol–water partition coefficient (Wildman–Crippen LogP) is 4.73. The molecule has 39 heavy (non-hydrogen) atoms. The smallest absolute Gasteiger partial charge is 0.251 e. The first-order valence-corrected chi connectivity index (χ1v) is 13.6. The largest absolute Gasteiger partial charge is 0.456 e. The normalized spacial score (nSPS) is 11.0. The van der Waals surface area contributed by atoms with Gasteiger partial charge in [0.2, 0.25) is 11.3 Å². The van der Waals surface area contributed by atoms with Gasteiger partial charge in [-0.15, -0.1) is 0 Å². The van der Waals surface area contributed by atoms with E-state index in [1.165, 1.54) is 0 Å². The average Bonchev–Trinajstić information content (AvgIpc) is 2.94. The first-order chi connectivity index (χ1) is 18.8. The SMILES string of the molecule is CCC(=O)NCCCCCNC(=O)c1ccc(-c2c3ccc(=[N+](C)C)cc-3oc3cc(N(C)C)ccc23)cc1. The minimum atomic E-state index is -0.0788. The molecule has 0 bridgehead atoms. The van der Waals surface area contributed by atoms with Crippen LogP contribution in [0.3, 0.4) is 0 Å². The molecule has 1 aliphatic heterocycles. The van der Waals surface area contributed by atoms with E-state index in [-0.39, 0.29) is 11.8 Å². The Morgan fingerprint density at radius 3 is 2.26 bits per heavy atom. The highest BCUT2D eigenvalue weighted by Crippen LogP contribution is 2.40. The first-order valence-electron chi connectivity index (χ1n) is 13.6. The van der Waals surface area contributed by atoms with Gasteiger partial charge in [0.25, 0.3) is 5.91 Å². The van der Waals surface area contributed by atoms with Gasteiger partial charge in [0.15, 0.2) is 0 Å². The number of nitrogens with zero attached hydrogens (tertiary/aromatic N) is 2. The van der Waals surface area contributed by atoms with Gasteiger partial charge >= 0.3 is 0 Å². The molecule has 204 valence electrons. The fourth-order valence-electron chi connectivity index (χ4n) is 4.61. The molecule has 2 aliphatic rings. The second kappa shape index (κ2) is 12.6. The minimum Gasteiger partial charge on any atom is -0.456 e. The zero-order valence-corrected chi connectivity index (χ0v) is 23.6. The molecule has 7 nitrogen and oxygen atoms in total. The van der Waals surface area contributed by atoms with Crippen LogP contribution in [0.1, 0.15) is 43.0 Å². The highest BCUT2D eigenvalue weighted by Gasteiger charge is 2.19. The summed E-state index contributed by atoms with van der Waals surface area (Å²) in [5, 5.41) is 7.98. The Morgan fingerprint density at radius 1 is 0.872 bits per heavy atom. The number of anilines is 1. The average molecular weight is 528 g/mol. The van der Waals surface area contributed by atoms with Crippen molar-refractivity contribution in [2.75, 3.05) is 46.2 Å². The van der Waals surface area contributed by atoms with Crippen LogP contribution in [0.15, 0.2) is 65.1 Å². The van der Waals surface area contributed by atoms with Crippen LogP contribution >= 0.6 is 0 Å². The number of amides is 2. The van der Waals surface area contributed by atoms with Crippen LogP contribution in [0.4, 0.5) is 5.69 Å². The van der Waals surface area contributed by atoms with Crippen molar-refractivity contribution in [3.05, 3.63) is 71.6 Å². The summed E-state index contributed by atoms with van der Waals surface area (Å²) in [6.07, 6.45) is 3.25. The number of benzene rings is 3. The molecule has 2 aromatic carbocycles. The number of rotatable bonds is 10. The molecule has 1 aliphatic carbocycles. The highest BCUT2D eigenvalue weighted by molar-refractivity contribution is 6.03. The van der Waals surface area contributed by atoms with Gasteiger partial charge in [-0.05, 0) is 55.2 Å². The summed E-state index contributed by atoms with van der Waals surface area (Å²) in [6, 6.07) is 20.3. The number of fused-ring (bicyclic) bond motifs is 2. The second-order valence-electron chi connectivity index (χ2n) is 10.2. The maximum absolute atomic E-state index is 12.7.